The van der Waals surface area contributed by atoms with E-state index in [0.717, 1.165) is 4.90 Å². The van der Waals surface area contributed by atoms with Crippen LogP contribution in [0.5, 0.6) is 0 Å². The van der Waals surface area contributed by atoms with Gasteiger partial charge in [-0.25, -0.2) is 9.59 Å². The molecule has 1 unspecified atom stereocenters. The average molecular weight is 341 g/mol. The Morgan fingerprint density at radius 2 is 1.88 bits per heavy atom. The summed E-state index contributed by atoms with van der Waals surface area (Å²) in [5.41, 5.74) is -3.99. The van der Waals surface area contributed by atoms with Gasteiger partial charge in [0.1, 0.15) is 29.0 Å². The maximum absolute atomic E-state index is 11.9. The third-order valence-corrected chi connectivity index (χ3v) is 3.62. The molecule has 0 amide bonds. The lowest BCUT2D eigenvalue weighted by atomic mass is 9.80. The third-order valence-electron chi connectivity index (χ3n) is 3.62. The van der Waals surface area contributed by atoms with Crippen molar-refractivity contribution in [1.82, 2.24) is 4.90 Å². The molecule has 25 heavy (non-hydrogen) atoms. The smallest absolute Gasteiger partial charge is 0.338 e. The fraction of sp³-hybridized carbons (Fsp3) is 0.294. The molecule has 128 valence electrons. The van der Waals surface area contributed by atoms with Crippen molar-refractivity contribution < 1.29 is 24.5 Å². The number of hydrogen-bond acceptors (Lipinski definition) is 6. The van der Waals surface area contributed by atoms with Crippen LogP contribution in [0.3, 0.4) is 0 Å². The number of aliphatic carboxylic acids is 2. The minimum atomic E-state index is -2.39. The highest BCUT2D eigenvalue weighted by Gasteiger charge is 2.54. The van der Waals surface area contributed by atoms with E-state index < -0.39 is 28.7 Å². The van der Waals surface area contributed by atoms with Gasteiger partial charge in [0.15, 0.2) is 0 Å². The predicted octanol–water partition coefficient (Wildman–Crippen LogP) is 1.52. The van der Waals surface area contributed by atoms with Crippen LogP contribution < -0.4 is 0 Å². The molecule has 0 aromatic carbocycles. The first-order valence-corrected chi connectivity index (χ1v) is 7.35. The van der Waals surface area contributed by atoms with Crippen molar-refractivity contribution in [3.63, 3.8) is 0 Å². The van der Waals surface area contributed by atoms with Crippen molar-refractivity contribution >= 4 is 11.9 Å². The van der Waals surface area contributed by atoms with E-state index in [9.17, 15) is 30.3 Å². The number of fused-ring (bicyclic) bond motifs is 1. The Morgan fingerprint density at radius 1 is 1.24 bits per heavy atom. The van der Waals surface area contributed by atoms with Crippen LogP contribution in [0.15, 0.2) is 47.0 Å². The molecule has 2 N–H and O–H groups in total. The van der Waals surface area contributed by atoms with E-state index in [0.29, 0.717) is 0 Å². The summed E-state index contributed by atoms with van der Waals surface area (Å²) in [5.74, 6) is -3.19. The number of allylic oxidation sites excluding steroid dienone is 4. The lowest BCUT2D eigenvalue weighted by Crippen LogP contribution is -2.49. The van der Waals surface area contributed by atoms with E-state index in [1.165, 1.54) is 24.4 Å². The lowest BCUT2D eigenvalue weighted by molar-refractivity contribution is -0.137. The van der Waals surface area contributed by atoms with E-state index in [1.54, 1.807) is 26.0 Å². The van der Waals surface area contributed by atoms with Crippen molar-refractivity contribution in [1.29, 1.82) is 10.5 Å². The van der Waals surface area contributed by atoms with Gasteiger partial charge in [0.2, 0.25) is 5.60 Å². The molecule has 2 aliphatic heterocycles. The van der Waals surface area contributed by atoms with Gasteiger partial charge in [-0.2, -0.15) is 10.5 Å². The van der Waals surface area contributed by atoms with Crippen LogP contribution >= 0.6 is 0 Å². The fourth-order valence-corrected chi connectivity index (χ4v) is 2.64. The van der Waals surface area contributed by atoms with Gasteiger partial charge in [-0.1, -0.05) is 19.9 Å². The van der Waals surface area contributed by atoms with Gasteiger partial charge in [-0.15, -0.1) is 0 Å². The molecular formula is C17H15N3O5. The van der Waals surface area contributed by atoms with Gasteiger partial charge in [-0.05, 0) is 18.1 Å². The monoisotopic (exact) mass is 341 g/mol. The molecule has 8 heteroatoms. The summed E-state index contributed by atoms with van der Waals surface area (Å²) in [6, 6.07) is 3.45. The molecule has 0 saturated heterocycles. The number of carboxylic acids is 2. The highest BCUT2D eigenvalue weighted by Crippen LogP contribution is 2.42. The zero-order valence-corrected chi connectivity index (χ0v) is 13.6. The van der Waals surface area contributed by atoms with E-state index >= 15 is 0 Å². The summed E-state index contributed by atoms with van der Waals surface area (Å²) in [5, 5.41) is 38.6. The van der Waals surface area contributed by atoms with Crippen LogP contribution in [-0.2, 0) is 14.3 Å². The summed E-state index contributed by atoms with van der Waals surface area (Å²) < 4.78 is 5.54. The van der Waals surface area contributed by atoms with Gasteiger partial charge in [0, 0.05) is 6.20 Å². The number of carbonyl (C=O) groups is 2. The number of nitriles is 2. The lowest BCUT2D eigenvalue weighted by Gasteiger charge is -2.38. The van der Waals surface area contributed by atoms with Crippen LogP contribution in [0.4, 0.5) is 0 Å². The molecular weight excluding hydrogens is 326 g/mol. The number of hydrogen-bond donors (Lipinski definition) is 2. The third kappa shape index (κ3) is 2.80. The van der Waals surface area contributed by atoms with Gasteiger partial charge in [0.05, 0.1) is 12.3 Å². The number of ether oxygens (including phenoxy) is 1. The minimum absolute atomic E-state index is 0.0156. The largest absolute Gasteiger partial charge is 0.478 e. The zero-order valence-electron chi connectivity index (χ0n) is 13.6. The second kappa shape index (κ2) is 6.63. The van der Waals surface area contributed by atoms with Crippen molar-refractivity contribution in [3.8, 4) is 12.1 Å². The minimum Gasteiger partial charge on any atom is -0.478 e. The summed E-state index contributed by atoms with van der Waals surface area (Å²) in [4.78, 5) is 24.9. The number of rotatable bonds is 5. The Balaban J connectivity index is 2.88. The summed E-state index contributed by atoms with van der Waals surface area (Å²) in [6.07, 6.45) is 5.81. The van der Waals surface area contributed by atoms with Gasteiger partial charge < -0.3 is 19.8 Å². The van der Waals surface area contributed by atoms with Gasteiger partial charge in [0.25, 0.3) is 0 Å². The van der Waals surface area contributed by atoms with Crippen LogP contribution in [0.1, 0.15) is 13.8 Å². The van der Waals surface area contributed by atoms with E-state index in [2.05, 4.69) is 0 Å². The standard InChI is InChI=1S/C17H15N3O5/c1-10(2)8-25-17(9-19)13(15(21)22)11-5-3-4-6-20(11)12(7-18)14(17)16(23)24/h3-6,10H,8H2,1-2H3,(H,21,22)(H,23,24). The summed E-state index contributed by atoms with van der Waals surface area (Å²) in [7, 11) is 0. The SMILES string of the molecule is CC(C)COC1(C#N)C(C(=O)O)=C(C#N)N2C=CC=CC2=C1C(=O)O. The molecule has 8 nitrogen and oxygen atoms in total. The van der Waals surface area contributed by atoms with E-state index in [4.69, 9.17) is 4.74 Å². The summed E-state index contributed by atoms with van der Waals surface area (Å²) in [6.45, 7) is 3.48. The van der Waals surface area contributed by atoms with Crippen molar-refractivity contribution in [2.24, 2.45) is 5.92 Å². The first-order chi connectivity index (χ1) is 11.8. The Bertz CT molecular complexity index is 835. The molecule has 0 aliphatic carbocycles. The van der Waals surface area contributed by atoms with Crippen LogP contribution in [0.2, 0.25) is 0 Å². The molecule has 0 aromatic heterocycles. The number of nitrogens with zero attached hydrogens (tertiary/aromatic N) is 3. The van der Waals surface area contributed by atoms with Crippen molar-refractivity contribution in [2.45, 2.75) is 19.4 Å². The molecule has 0 saturated carbocycles. The zero-order chi connectivity index (χ0) is 18.8. The topological polar surface area (TPSA) is 135 Å². The van der Waals surface area contributed by atoms with Gasteiger partial charge >= 0.3 is 11.9 Å². The molecule has 0 aromatic rings. The van der Waals surface area contributed by atoms with Crippen LogP contribution in [0, 0.1) is 28.6 Å². The molecule has 0 fully saturated rings. The van der Waals surface area contributed by atoms with Crippen molar-refractivity contribution in [2.75, 3.05) is 6.61 Å². The Morgan fingerprint density at radius 3 is 2.36 bits per heavy atom. The number of carboxylic acid groups (broad SMARTS) is 2. The fourth-order valence-electron chi connectivity index (χ4n) is 2.64. The van der Waals surface area contributed by atoms with Gasteiger partial charge in [-0.3, -0.25) is 0 Å². The summed E-state index contributed by atoms with van der Waals surface area (Å²) >= 11 is 0. The normalized spacial score (nSPS) is 21.9. The maximum atomic E-state index is 11.9. The maximum Gasteiger partial charge on any atom is 0.338 e. The average Bonchev–Trinajstić information content (AvgIpc) is 2.57. The quantitative estimate of drug-likeness (QED) is 0.768. The molecule has 2 aliphatic rings. The first-order valence-electron chi connectivity index (χ1n) is 7.35. The Labute approximate surface area is 143 Å². The van der Waals surface area contributed by atoms with Crippen LogP contribution in [-0.4, -0.2) is 39.3 Å². The molecule has 2 heterocycles. The van der Waals surface area contributed by atoms with E-state index in [-0.39, 0.29) is 23.9 Å². The molecule has 1 atom stereocenters. The first kappa shape index (κ1) is 18.0. The predicted molar refractivity (Wildman–Crippen MR) is 84.2 cm³/mol. The Hall–Kier alpha value is -3.36. The highest BCUT2D eigenvalue weighted by molar-refractivity contribution is 6.02. The van der Waals surface area contributed by atoms with Crippen molar-refractivity contribution in [3.05, 3.63) is 47.0 Å². The second-order valence-corrected chi connectivity index (χ2v) is 5.77. The molecule has 0 spiro atoms. The Kier molecular flexibility index (Phi) is 4.77. The molecule has 0 radical (unpaired) electrons. The second-order valence-electron chi connectivity index (χ2n) is 5.77. The molecule has 0 bridgehead atoms. The van der Waals surface area contributed by atoms with E-state index in [1.807, 2.05) is 0 Å². The van der Waals surface area contributed by atoms with Crippen LogP contribution in [0.25, 0.3) is 0 Å². The highest BCUT2D eigenvalue weighted by atomic mass is 16.5. The molecule has 2 rings (SSSR count).